The van der Waals surface area contributed by atoms with Gasteiger partial charge in [0.2, 0.25) is 0 Å². The summed E-state index contributed by atoms with van der Waals surface area (Å²) < 4.78 is 27.1. The largest absolute Gasteiger partial charge is 0.294 e. The second kappa shape index (κ2) is 5.35. The minimum Gasteiger partial charge on any atom is -0.294 e. The van der Waals surface area contributed by atoms with E-state index < -0.39 is 10.0 Å². The Labute approximate surface area is 135 Å². The predicted octanol–water partition coefficient (Wildman–Crippen LogP) is 3.70. The van der Waals surface area contributed by atoms with Gasteiger partial charge in [0, 0.05) is 17.1 Å². The standard InChI is InChI=1S/C18H17NO3S/c1-12-4-7-15(8-5-12)23(21,22)19-11-17(14(3)20)16-9-6-13(2)10-18(16)19/h4-11H,1-3H3. The van der Waals surface area contributed by atoms with E-state index in [1.807, 2.05) is 19.9 Å². The van der Waals surface area contributed by atoms with Crippen LogP contribution in [0.25, 0.3) is 10.9 Å². The van der Waals surface area contributed by atoms with Crippen LogP contribution in [0.15, 0.2) is 53.6 Å². The topological polar surface area (TPSA) is 56.1 Å². The van der Waals surface area contributed by atoms with Crippen molar-refractivity contribution in [2.45, 2.75) is 25.7 Å². The van der Waals surface area contributed by atoms with Gasteiger partial charge in [0.25, 0.3) is 10.0 Å². The normalized spacial score (nSPS) is 11.8. The third-order valence-corrected chi connectivity index (χ3v) is 5.57. The number of hydrogen-bond donors (Lipinski definition) is 0. The number of hydrogen-bond acceptors (Lipinski definition) is 3. The van der Waals surface area contributed by atoms with Gasteiger partial charge in [-0.05, 0) is 44.5 Å². The molecule has 0 saturated heterocycles. The highest BCUT2D eigenvalue weighted by Crippen LogP contribution is 2.27. The van der Waals surface area contributed by atoms with Gasteiger partial charge in [0.1, 0.15) is 0 Å². The Hall–Kier alpha value is -2.40. The average Bonchev–Trinajstić information content (AvgIpc) is 2.87. The molecule has 0 N–H and O–H groups in total. The third kappa shape index (κ3) is 2.57. The summed E-state index contributed by atoms with van der Waals surface area (Å²) in [6.07, 6.45) is 1.42. The SMILES string of the molecule is CC(=O)c1cn(S(=O)(=O)c2ccc(C)cc2)c2cc(C)ccc12. The quantitative estimate of drug-likeness (QED) is 0.689. The Morgan fingerprint density at radius 3 is 2.17 bits per heavy atom. The lowest BCUT2D eigenvalue weighted by Gasteiger charge is -2.08. The van der Waals surface area contributed by atoms with Crippen LogP contribution in [0.2, 0.25) is 0 Å². The van der Waals surface area contributed by atoms with E-state index in [9.17, 15) is 13.2 Å². The molecule has 0 unspecified atom stereocenters. The van der Waals surface area contributed by atoms with E-state index in [0.717, 1.165) is 11.1 Å². The molecule has 0 bridgehead atoms. The molecule has 0 fully saturated rings. The van der Waals surface area contributed by atoms with Gasteiger partial charge in [-0.25, -0.2) is 12.4 Å². The maximum absolute atomic E-state index is 13.0. The number of fused-ring (bicyclic) bond motifs is 1. The number of benzene rings is 2. The van der Waals surface area contributed by atoms with E-state index in [-0.39, 0.29) is 10.7 Å². The van der Waals surface area contributed by atoms with Crippen molar-refractivity contribution in [1.29, 1.82) is 0 Å². The monoisotopic (exact) mass is 327 g/mol. The van der Waals surface area contributed by atoms with E-state index in [1.54, 1.807) is 36.4 Å². The second-order valence-corrected chi connectivity index (χ2v) is 7.55. The Morgan fingerprint density at radius 2 is 1.57 bits per heavy atom. The first-order chi connectivity index (χ1) is 10.8. The van der Waals surface area contributed by atoms with Gasteiger partial charge in [0.05, 0.1) is 10.4 Å². The fourth-order valence-corrected chi connectivity index (χ4v) is 3.97. The third-order valence-electron chi connectivity index (χ3n) is 3.88. The molecule has 0 aliphatic heterocycles. The number of ketones is 1. The summed E-state index contributed by atoms with van der Waals surface area (Å²) in [5, 5.41) is 0.652. The number of nitrogens with zero attached hydrogens (tertiary/aromatic N) is 1. The lowest BCUT2D eigenvalue weighted by molar-refractivity contribution is 0.101. The smallest absolute Gasteiger partial charge is 0.268 e. The number of aromatic nitrogens is 1. The summed E-state index contributed by atoms with van der Waals surface area (Å²) in [7, 11) is -3.75. The van der Waals surface area contributed by atoms with Crippen LogP contribution in [0.3, 0.4) is 0 Å². The predicted molar refractivity (Wildman–Crippen MR) is 90.4 cm³/mol. The molecule has 0 aliphatic carbocycles. The van der Waals surface area contributed by atoms with E-state index in [2.05, 4.69) is 0 Å². The first-order valence-corrected chi connectivity index (χ1v) is 8.69. The number of carbonyl (C=O) groups excluding carboxylic acids is 1. The minimum absolute atomic E-state index is 0.156. The van der Waals surface area contributed by atoms with E-state index in [1.165, 1.54) is 17.1 Å². The van der Waals surface area contributed by atoms with Crippen molar-refractivity contribution >= 4 is 26.7 Å². The number of carbonyl (C=O) groups is 1. The van der Waals surface area contributed by atoms with Crippen LogP contribution in [-0.2, 0) is 10.0 Å². The zero-order chi connectivity index (χ0) is 16.8. The Balaban J connectivity index is 2.33. The summed E-state index contributed by atoms with van der Waals surface area (Å²) in [4.78, 5) is 12.1. The highest BCUT2D eigenvalue weighted by Gasteiger charge is 2.22. The molecule has 4 nitrogen and oxygen atoms in total. The molecule has 0 spiro atoms. The van der Waals surface area contributed by atoms with Gasteiger partial charge in [-0.15, -0.1) is 0 Å². The van der Waals surface area contributed by atoms with Crippen LogP contribution in [0.1, 0.15) is 28.4 Å². The lowest BCUT2D eigenvalue weighted by Crippen LogP contribution is -2.12. The Kier molecular flexibility index (Phi) is 3.60. The maximum Gasteiger partial charge on any atom is 0.268 e. The molecule has 2 aromatic carbocycles. The second-order valence-electron chi connectivity index (χ2n) is 5.73. The molecule has 0 atom stereocenters. The summed E-state index contributed by atoms with van der Waals surface area (Å²) in [5.41, 5.74) is 2.86. The lowest BCUT2D eigenvalue weighted by atomic mass is 10.1. The molecule has 3 rings (SSSR count). The van der Waals surface area contributed by atoms with Gasteiger partial charge in [0.15, 0.2) is 5.78 Å². The molecule has 0 radical (unpaired) electrons. The van der Waals surface area contributed by atoms with Crippen LogP contribution < -0.4 is 0 Å². The van der Waals surface area contributed by atoms with Gasteiger partial charge in [-0.2, -0.15) is 0 Å². The molecule has 1 heterocycles. The minimum atomic E-state index is -3.75. The van der Waals surface area contributed by atoms with Crippen LogP contribution in [0.4, 0.5) is 0 Å². The molecule has 0 amide bonds. The molecule has 0 saturated carbocycles. The van der Waals surface area contributed by atoms with Crippen molar-refractivity contribution in [3.8, 4) is 0 Å². The van der Waals surface area contributed by atoms with Gasteiger partial charge < -0.3 is 0 Å². The van der Waals surface area contributed by atoms with Crippen molar-refractivity contribution in [3.05, 3.63) is 65.4 Å². The molecule has 5 heteroatoms. The summed E-state index contributed by atoms with van der Waals surface area (Å²) >= 11 is 0. The number of Topliss-reactive ketones (excluding diaryl/α,β-unsaturated/α-hetero) is 1. The van der Waals surface area contributed by atoms with Gasteiger partial charge >= 0.3 is 0 Å². The molecular weight excluding hydrogens is 310 g/mol. The van der Waals surface area contributed by atoms with Gasteiger partial charge in [-0.1, -0.05) is 29.8 Å². The molecule has 118 valence electrons. The van der Waals surface area contributed by atoms with Crippen molar-refractivity contribution in [2.24, 2.45) is 0 Å². The zero-order valence-corrected chi connectivity index (χ0v) is 14.0. The molecule has 1 aromatic heterocycles. The molecular formula is C18H17NO3S. The van der Waals surface area contributed by atoms with Crippen LogP contribution >= 0.6 is 0 Å². The van der Waals surface area contributed by atoms with Crippen LogP contribution in [-0.4, -0.2) is 18.2 Å². The van der Waals surface area contributed by atoms with E-state index in [4.69, 9.17) is 0 Å². The first-order valence-electron chi connectivity index (χ1n) is 7.25. The summed E-state index contributed by atoms with van der Waals surface area (Å²) in [5.74, 6) is -0.156. The summed E-state index contributed by atoms with van der Waals surface area (Å²) in [6.45, 7) is 5.23. The van der Waals surface area contributed by atoms with Crippen LogP contribution in [0, 0.1) is 13.8 Å². The maximum atomic E-state index is 13.0. The highest BCUT2D eigenvalue weighted by atomic mass is 32.2. The van der Waals surface area contributed by atoms with Gasteiger partial charge in [-0.3, -0.25) is 4.79 Å². The fraction of sp³-hybridized carbons (Fsp3) is 0.167. The fourth-order valence-electron chi connectivity index (χ4n) is 2.61. The molecule has 23 heavy (non-hydrogen) atoms. The van der Waals surface area contributed by atoms with Crippen molar-refractivity contribution in [3.63, 3.8) is 0 Å². The van der Waals surface area contributed by atoms with Crippen LogP contribution in [0.5, 0.6) is 0 Å². The Morgan fingerprint density at radius 1 is 0.957 bits per heavy atom. The van der Waals surface area contributed by atoms with Crippen molar-refractivity contribution in [2.75, 3.05) is 0 Å². The zero-order valence-electron chi connectivity index (χ0n) is 13.2. The highest BCUT2D eigenvalue weighted by molar-refractivity contribution is 7.90. The number of rotatable bonds is 3. The number of aryl methyl sites for hydroxylation is 2. The van der Waals surface area contributed by atoms with Crippen molar-refractivity contribution in [1.82, 2.24) is 3.97 Å². The average molecular weight is 327 g/mol. The van der Waals surface area contributed by atoms with E-state index in [0.29, 0.717) is 16.5 Å². The molecule has 3 aromatic rings. The molecule has 0 aliphatic rings. The van der Waals surface area contributed by atoms with E-state index >= 15 is 0 Å². The van der Waals surface area contributed by atoms with Crippen molar-refractivity contribution < 1.29 is 13.2 Å². The first kappa shape index (κ1) is 15.5. The Bertz CT molecular complexity index is 1010. The summed E-state index contributed by atoms with van der Waals surface area (Å²) in [6, 6.07) is 12.1.